The third kappa shape index (κ3) is 4.61. The number of nitrogens with zero attached hydrogens (tertiary/aromatic N) is 2. The lowest BCUT2D eigenvalue weighted by Crippen LogP contribution is -1.89. The lowest BCUT2D eigenvalue weighted by Gasteiger charge is -2.15. The molecule has 0 amide bonds. The molecule has 246 valence electrons. The number of hydrogen-bond donors (Lipinski definition) is 0. The van der Waals surface area contributed by atoms with Crippen LogP contribution in [0, 0.1) is 0 Å². The van der Waals surface area contributed by atoms with Gasteiger partial charge in [-0.25, -0.2) is 0 Å². The molecule has 3 heteroatoms. The van der Waals surface area contributed by atoms with E-state index in [0.29, 0.717) is 11.8 Å². The van der Waals surface area contributed by atoms with Crippen molar-refractivity contribution in [2.45, 2.75) is 0 Å². The Hall–Kier alpha value is -7.10. The van der Waals surface area contributed by atoms with Gasteiger partial charge in [0.25, 0.3) is 0 Å². The van der Waals surface area contributed by atoms with Crippen LogP contribution in [0.5, 0.6) is 0 Å². The van der Waals surface area contributed by atoms with Gasteiger partial charge in [-0.2, -0.15) is 0 Å². The van der Waals surface area contributed by atoms with Crippen LogP contribution in [-0.4, -0.2) is 10.2 Å². The molecule has 0 saturated carbocycles. The highest BCUT2D eigenvalue weighted by Gasteiger charge is 2.20. The first-order chi connectivity index (χ1) is 26.3. The fraction of sp³-hybridized carbons (Fsp3) is 0. The Morgan fingerprint density at radius 1 is 0.245 bits per heavy atom. The lowest BCUT2D eigenvalue weighted by molar-refractivity contribution is 0.586. The van der Waals surface area contributed by atoms with Crippen molar-refractivity contribution in [3.63, 3.8) is 0 Å². The largest absolute Gasteiger partial charge is 0.416 e. The van der Waals surface area contributed by atoms with Crippen molar-refractivity contribution in [3.05, 3.63) is 182 Å². The number of aromatic nitrogens is 2. The molecular formula is C50H30N2O. The maximum Gasteiger partial charge on any atom is 0.248 e. The Kier molecular flexibility index (Phi) is 6.55. The second kappa shape index (κ2) is 11.7. The van der Waals surface area contributed by atoms with Gasteiger partial charge in [-0.15, -0.1) is 10.2 Å². The van der Waals surface area contributed by atoms with Crippen LogP contribution >= 0.6 is 0 Å². The second-order valence-electron chi connectivity index (χ2n) is 13.7. The molecule has 0 unspecified atom stereocenters. The van der Waals surface area contributed by atoms with Gasteiger partial charge in [0, 0.05) is 11.1 Å². The van der Waals surface area contributed by atoms with Gasteiger partial charge in [0.1, 0.15) is 0 Å². The minimum absolute atomic E-state index is 0.500. The molecule has 0 atom stereocenters. The van der Waals surface area contributed by atoms with Gasteiger partial charge in [0.2, 0.25) is 11.8 Å². The normalized spacial score (nSPS) is 11.8. The van der Waals surface area contributed by atoms with Crippen LogP contribution in [0.15, 0.2) is 186 Å². The van der Waals surface area contributed by atoms with Gasteiger partial charge >= 0.3 is 0 Å². The summed E-state index contributed by atoms with van der Waals surface area (Å²) < 4.78 is 6.60. The third-order valence-corrected chi connectivity index (χ3v) is 10.9. The highest BCUT2D eigenvalue weighted by Crippen LogP contribution is 2.43. The van der Waals surface area contributed by atoms with Crippen LogP contribution in [-0.2, 0) is 0 Å². The molecule has 0 aliphatic rings. The Labute approximate surface area is 305 Å². The average molecular weight is 675 g/mol. The monoisotopic (exact) mass is 674 g/mol. The molecule has 0 radical (unpaired) electrons. The van der Waals surface area contributed by atoms with Crippen molar-refractivity contribution in [1.29, 1.82) is 0 Å². The van der Waals surface area contributed by atoms with Gasteiger partial charge in [-0.1, -0.05) is 158 Å². The first-order valence-corrected chi connectivity index (χ1v) is 18.0. The fourth-order valence-electron chi connectivity index (χ4n) is 8.44. The van der Waals surface area contributed by atoms with E-state index in [9.17, 15) is 0 Å². The van der Waals surface area contributed by atoms with Crippen molar-refractivity contribution >= 4 is 64.6 Å². The number of rotatable bonds is 4. The molecule has 1 heterocycles. The molecule has 0 N–H and O–H groups in total. The predicted octanol–water partition coefficient (Wildman–Crippen LogP) is 13.7. The van der Waals surface area contributed by atoms with Crippen molar-refractivity contribution in [1.82, 2.24) is 10.2 Å². The summed E-state index contributed by atoms with van der Waals surface area (Å²) in [6.45, 7) is 0. The van der Waals surface area contributed by atoms with E-state index >= 15 is 0 Å². The molecule has 0 aliphatic heterocycles. The van der Waals surface area contributed by atoms with E-state index in [1.165, 1.54) is 65.3 Å². The van der Waals surface area contributed by atoms with Crippen molar-refractivity contribution in [2.75, 3.05) is 0 Å². The van der Waals surface area contributed by atoms with Gasteiger partial charge < -0.3 is 4.42 Å². The van der Waals surface area contributed by atoms with E-state index in [4.69, 9.17) is 4.42 Å². The summed E-state index contributed by atoms with van der Waals surface area (Å²) >= 11 is 0. The molecule has 0 bridgehead atoms. The van der Waals surface area contributed by atoms with Crippen LogP contribution in [0.4, 0.5) is 0 Å². The first-order valence-electron chi connectivity index (χ1n) is 18.0. The second-order valence-corrected chi connectivity index (χ2v) is 13.7. The summed E-state index contributed by atoms with van der Waals surface area (Å²) in [6, 6.07) is 65.0. The third-order valence-electron chi connectivity index (χ3n) is 10.9. The zero-order chi connectivity index (χ0) is 34.9. The maximum atomic E-state index is 6.60. The number of fused-ring (bicyclic) bond motifs is 8. The summed E-state index contributed by atoms with van der Waals surface area (Å²) in [6.07, 6.45) is 0. The van der Waals surface area contributed by atoms with Gasteiger partial charge in [0.15, 0.2) is 0 Å². The van der Waals surface area contributed by atoms with E-state index in [1.54, 1.807) is 0 Å². The van der Waals surface area contributed by atoms with E-state index in [2.05, 4.69) is 192 Å². The highest BCUT2D eigenvalue weighted by atomic mass is 16.4. The van der Waals surface area contributed by atoms with Crippen molar-refractivity contribution < 1.29 is 4.42 Å². The van der Waals surface area contributed by atoms with Gasteiger partial charge in [-0.3, -0.25) is 0 Å². The smallest absolute Gasteiger partial charge is 0.248 e. The fourth-order valence-corrected chi connectivity index (χ4v) is 8.44. The van der Waals surface area contributed by atoms with Crippen LogP contribution in [0.3, 0.4) is 0 Å². The standard InChI is InChI=1S/C50H30N2O/c1-3-15-33-31(13-1)29-47(41-23-11-5-17-35(33)41)43-25-27-45(39-21-9-7-19-37(39)43)49-51-52-50(53-49)46-28-26-44(38-20-8-10-22-40(38)46)48-30-32-14-2-4-16-34(32)36-18-6-12-24-42(36)48/h1-30H. The molecule has 10 aromatic carbocycles. The Balaban J connectivity index is 1.05. The molecule has 0 saturated heterocycles. The SMILES string of the molecule is c1ccc2c(c1)cc(-c1ccc(-c3nnc(-c4ccc(-c5cc6ccccc6c6ccccc56)c5ccccc45)o3)c3ccccc13)c1ccccc12. The van der Waals surface area contributed by atoms with Gasteiger partial charge in [0.05, 0.1) is 0 Å². The topological polar surface area (TPSA) is 38.9 Å². The zero-order valence-corrected chi connectivity index (χ0v) is 28.6. The summed E-state index contributed by atoms with van der Waals surface area (Å²) in [5.41, 5.74) is 6.59. The van der Waals surface area contributed by atoms with Crippen molar-refractivity contribution in [3.8, 4) is 45.2 Å². The first kappa shape index (κ1) is 29.6. The summed E-state index contributed by atoms with van der Waals surface area (Å²) in [4.78, 5) is 0. The molecule has 0 aliphatic carbocycles. The van der Waals surface area contributed by atoms with E-state index in [-0.39, 0.29) is 0 Å². The van der Waals surface area contributed by atoms with Crippen LogP contribution in [0.1, 0.15) is 0 Å². The Morgan fingerprint density at radius 2 is 0.528 bits per heavy atom. The quantitative estimate of drug-likeness (QED) is 0.174. The van der Waals surface area contributed by atoms with Crippen LogP contribution < -0.4 is 0 Å². The van der Waals surface area contributed by atoms with E-state index < -0.39 is 0 Å². The summed E-state index contributed by atoms with van der Waals surface area (Å²) in [5, 5.41) is 23.7. The Bertz CT molecular complexity index is 3030. The molecule has 0 spiro atoms. The molecule has 0 fully saturated rings. The Morgan fingerprint density at radius 3 is 0.925 bits per heavy atom. The maximum absolute atomic E-state index is 6.60. The number of hydrogen-bond acceptors (Lipinski definition) is 3. The molecular weight excluding hydrogens is 645 g/mol. The molecule has 11 rings (SSSR count). The van der Waals surface area contributed by atoms with Crippen LogP contribution in [0.25, 0.3) is 110 Å². The molecule has 1 aromatic heterocycles. The minimum atomic E-state index is 0.500. The van der Waals surface area contributed by atoms with Crippen LogP contribution in [0.2, 0.25) is 0 Å². The predicted molar refractivity (Wildman–Crippen MR) is 221 cm³/mol. The van der Waals surface area contributed by atoms with E-state index in [1.807, 2.05) is 0 Å². The summed E-state index contributed by atoms with van der Waals surface area (Å²) in [7, 11) is 0. The minimum Gasteiger partial charge on any atom is -0.416 e. The zero-order valence-electron chi connectivity index (χ0n) is 28.6. The van der Waals surface area contributed by atoms with Gasteiger partial charge in [-0.05, 0) is 111 Å². The van der Waals surface area contributed by atoms with Crippen molar-refractivity contribution in [2.24, 2.45) is 0 Å². The molecule has 3 nitrogen and oxygen atoms in total. The van der Waals surface area contributed by atoms with E-state index in [0.717, 1.165) is 32.7 Å². The summed E-state index contributed by atoms with van der Waals surface area (Å²) in [5.74, 6) is 1.000. The molecule has 53 heavy (non-hydrogen) atoms. The molecule has 11 aromatic rings. The highest BCUT2D eigenvalue weighted by molar-refractivity contribution is 6.18. The lowest BCUT2D eigenvalue weighted by atomic mass is 9.89. The average Bonchev–Trinajstić information content (AvgIpc) is 3.72. The number of benzene rings is 10.